The van der Waals surface area contributed by atoms with Crippen LogP contribution in [0.4, 0.5) is 13.2 Å². The molecule has 2 nitrogen and oxygen atoms in total. The molecular formula is C7H5ClF3NO. The van der Waals surface area contributed by atoms with E-state index < -0.39 is 11.7 Å². The zero-order valence-electron chi connectivity index (χ0n) is 6.52. The summed E-state index contributed by atoms with van der Waals surface area (Å²) in [5.74, 6) is -0.0866. The maximum atomic E-state index is 12.1. The van der Waals surface area contributed by atoms with Gasteiger partial charge in [-0.15, -0.1) is 0 Å². The van der Waals surface area contributed by atoms with Crippen LogP contribution in [0.25, 0.3) is 0 Å². The van der Waals surface area contributed by atoms with Gasteiger partial charge in [0.2, 0.25) is 0 Å². The van der Waals surface area contributed by atoms with Gasteiger partial charge in [-0.1, -0.05) is 11.6 Å². The van der Waals surface area contributed by atoms with Gasteiger partial charge in [0.1, 0.15) is 0 Å². The summed E-state index contributed by atoms with van der Waals surface area (Å²) in [5, 5.41) is -0.0875. The SMILES string of the molecule is COc1cc(C(F)(F)F)cnc1Cl. The fourth-order valence-corrected chi connectivity index (χ4v) is 0.907. The second-order valence-electron chi connectivity index (χ2n) is 2.21. The first kappa shape index (κ1) is 10.1. The minimum Gasteiger partial charge on any atom is -0.494 e. The van der Waals surface area contributed by atoms with Gasteiger partial charge in [0.05, 0.1) is 12.7 Å². The third-order valence-corrected chi connectivity index (χ3v) is 1.64. The van der Waals surface area contributed by atoms with E-state index >= 15 is 0 Å². The number of halogens is 4. The Morgan fingerprint density at radius 3 is 2.54 bits per heavy atom. The normalized spacial score (nSPS) is 11.5. The van der Waals surface area contributed by atoms with E-state index in [0.29, 0.717) is 6.20 Å². The summed E-state index contributed by atoms with van der Waals surface area (Å²) in [6, 6.07) is 0.801. The Morgan fingerprint density at radius 1 is 1.46 bits per heavy atom. The first-order chi connectivity index (χ1) is 5.95. The summed E-state index contributed by atoms with van der Waals surface area (Å²) in [4.78, 5) is 3.34. The lowest BCUT2D eigenvalue weighted by molar-refractivity contribution is -0.137. The maximum Gasteiger partial charge on any atom is 0.418 e. The van der Waals surface area contributed by atoms with E-state index in [-0.39, 0.29) is 10.9 Å². The van der Waals surface area contributed by atoms with Crippen molar-refractivity contribution in [1.82, 2.24) is 4.98 Å². The summed E-state index contributed by atoms with van der Waals surface area (Å²) >= 11 is 5.44. The highest BCUT2D eigenvalue weighted by Gasteiger charge is 2.31. The lowest BCUT2D eigenvalue weighted by Gasteiger charge is -2.08. The number of pyridine rings is 1. The van der Waals surface area contributed by atoms with Crippen molar-refractivity contribution in [3.05, 3.63) is 23.0 Å². The quantitative estimate of drug-likeness (QED) is 0.667. The van der Waals surface area contributed by atoms with Crippen LogP contribution in [0, 0.1) is 0 Å². The third-order valence-electron chi connectivity index (χ3n) is 1.35. The fourth-order valence-electron chi connectivity index (χ4n) is 0.726. The molecule has 6 heteroatoms. The molecule has 72 valence electrons. The third kappa shape index (κ3) is 2.24. The van der Waals surface area contributed by atoms with Crippen LogP contribution >= 0.6 is 11.6 Å². The largest absolute Gasteiger partial charge is 0.494 e. The van der Waals surface area contributed by atoms with Gasteiger partial charge in [0.25, 0.3) is 0 Å². The van der Waals surface area contributed by atoms with Crippen molar-refractivity contribution < 1.29 is 17.9 Å². The van der Waals surface area contributed by atoms with Gasteiger partial charge in [0, 0.05) is 6.20 Å². The number of nitrogens with zero attached hydrogens (tertiary/aromatic N) is 1. The lowest BCUT2D eigenvalue weighted by Crippen LogP contribution is -2.05. The van der Waals surface area contributed by atoms with Gasteiger partial charge < -0.3 is 4.74 Å². The second-order valence-corrected chi connectivity index (χ2v) is 2.57. The van der Waals surface area contributed by atoms with Gasteiger partial charge in [0.15, 0.2) is 10.9 Å². The summed E-state index contributed by atoms with van der Waals surface area (Å²) in [6.45, 7) is 0. The minimum absolute atomic E-state index is 0.0866. The van der Waals surface area contributed by atoms with E-state index in [4.69, 9.17) is 11.6 Å². The van der Waals surface area contributed by atoms with Crippen LogP contribution in [0.15, 0.2) is 12.3 Å². The molecule has 1 rings (SSSR count). The highest BCUT2D eigenvalue weighted by Crippen LogP contribution is 2.33. The van der Waals surface area contributed by atoms with Gasteiger partial charge in [-0.25, -0.2) is 4.98 Å². The van der Waals surface area contributed by atoms with Crippen LogP contribution in [-0.4, -0.2) is 12.1 Å². The average Bonchev–Trinajstić information content (AvgIpc) is 2.03. The van der Waals surface area contributed by atoms with Gasteiger partial charge in [-0.05, 0) is 6.07 Å². The first-order valence-corrected chi connectivity index (χ1v) is 3.59. The first-order valence-electron chi connectivity index (χ1n) is 3.22. The van der Waals surface area contributed by atoms with Crippen LogP contribution < -0.4 is 4.74 Å². The molecule has 0 fully saturated rings. The van der Waals surface area contributed by atoms with Crippen LogP contribution in [0.3, 0.4) is 0 Å². The van der Waals surface area contributed by atoms with E-state index in [0.717, 1.165) is 6.07 Å². The van der Waals surface area contributed by atoms with E-state index in [1.807, 2.05) is 0 Å². The Labute approximate surface area is 77.3 Å². The van der Waals surface area contributed by atoms with Crippen LogP contribution in [0.2, 0.25) is 5.15 Å². The van der Waals surface area contributed by atoms with Crippen molar-refractivity contribution >= 4 is 11.6 Å². The molecule has 1 heterocycles. The molecule has 0 amide bonds. The molecule has 0 aliphatic carbocycles. The van der Waals surface area contributed by atoms with Crippen molar-refractivity contribution in [3.63, 3.8) is 0 Å². The molecule has 0 atom stereocenters. The lowest BCUT2D eigenvalue weighted by atomic mass is 10.3. The topological polar surface area (TPSA) is 22.1 Å². The molecular weight excluding hydrogens is 207 g/mol. The second kappa shape index (κ2) is 3.41. The molecule has 0 spiro atoms. The Balaban J connectivity index is 3.14. The molecule has 1 aromatic rings. The number of rotatable bonds is 1. The summed E-state index contributed by atoms with van der Waals surface area (Å²) < 4.78 is 40.9. The van der Waals surface area contributed by atoms with Gasteiger partial charge in [-0.2, -0.15) is 13.2 Å². The van der Waals surface area contributed by atoms with Crippen molar-refractivity contribution in [2.24, 2.45) is 0 Å². The van der Waals surface area contributed by atoms with Crippen LogP contribution in [0.1, 0.15) is 5.56 Å². The van der Waals surface area contributed by atoms with Crippen molar-refractivity contribution in [2.45, 2.75) is 6.18 Å². The standard InChI is InChI=1S/C7H5ClF3NO/c1-13-5-2-4(7(9,10)11)3-12-6(5)8/h2-3H,1H3. The molecule has 0 unspecified atom stereocenters. The zero-order valence-corrected chi connectivity index (χ0v) is 7.28. The van der Waals surface area contributed by atoms with Crippen LogP contribution in [0.5, 0.6) is 5.75 Å². The number of hydrogen-bond donors (Lipinski definition) is 0. The number of hydrogen-bond acceptors (Lipinski definition) is 2. The Hall–Kier alpha value is -0.970. The molecule has 0 saturated carbocycles. The predicted octanol–water partition coefficient (Wildman–Crippen LogP) is 2.76. The van der Waals surface area contributed by atoms with E-state index in [1.165, 1.54) is 7.11 Å². The summed E-state index contributed by atoms with van der Waals surface area (Å²) in [7, 11) is 1.23. The molecule has 0 N–H and O–H groups in total. The van der Waals surface area contributed by atoms with E-state index in [2.05, 4.69) is 9.72 Å². The summed E-state index contributed by atoms with van der Waals surface area (Å²) in [5.41, 5.74) is -0.881. The highest BCUT2D eigenvalue weighted by molar-refractivity contribution is 6.30. The van der Waals surface area contributed by atoms with Crippen molar-refractivity contribution in [2.75, 3.05) is 7.11 Å². The molecule has 0 radical (unpaired) electrons. The van der Waals surface area contributed by atoms with E-state index in [9.17, 15) is 13.2 Å². The molecule has 0 aliphatic heterocycles. The molecule has 1 aromatic heterocycles. The maximum absolute atomic E-state index is 12.1. The molecule has 0 saturated heterocycles. The van der Waals surface area contributed by atoms with Crippen molar-refractivity contribution in [1.29, 1.82) is 0 Å². The Kier molecular flexibility index (Phi) is 2.66. The number of ether oxygens (including phenoxy) is 1. The number of methoxy groups -OCH3 is 1. The summed E-state index contributed by atoms with van der Waals surface area (Å²) in [6.07, 6.45) is -3.77. The van der Waals surface area contributed by atoms with Crippen LogP contribution in [-0.2, 0) is 6.18 Å². The fraction of sp³-hybridized carbons (Fsp3) is 0.286. The monoisotopic (exact) mass is 211 g/mol. The van der Waals surface area contributed by atoms with Gasteiger partial charge >= 0.3 is 6.18 Å². The number of alkyl halides is 3. The van der Waals surface area contributed by atoms with Crippen molar-refractivity contribution in [3.8, 4) is 5.75 Å². The highest BCUT2D eigenvalue weighted by atomic mass is 35.5. The Morgan fingerprint density at radius 2 is 2.08 bits per heavy atom. The molecule has 0 bridgehead atoms. The van der Waals surface area contributed by atoms with E-state index in [1.54, 1.807) is 0 Å². The van der Waals surface area contributed by atoms with Gasteiger partial charge in [-0.3, -0.25) is 0 Å². The molecule has 0 aromatic carbocycles. The molecule has 0 aliphatic rings. The predicted molar refractivity (Wildman–Crippen MR) is 40.8 cm³/mol. The number of aromatic nitrogens is 1. The average molecular weight is 212 g/mol. The smallest absolute Gasteiger partial charge is 0.418 e. The molecule has 13 heavy (non-hydrogen) atoms. The Bertz CT molecular complexity index is 313. The minimum atomic E-state index is -4.43. The zero-order chi connectivity index (χ0) is 10.1.